The van der Waals surface area contributed by atoms with Gasteiger partial charge in [0.2, 0.25) is 0 Å². The van der Waals surface area contributed by atoms with E-state index in [-0.39, 0.29) is 23.6 Å². The number of nitrogens with zero attached hydrogens (tertiary/aromatic N) is 1. The molecule has 1 saturated carbocycles. The largest absolute Gasteiger partial charge is 0.452 e. The average molecular weight is 385 g/mol. The summed E-state index contributed by atoms with van der Waals surface area (Å²) < 4.78 is 19.3. The quantitative estimate of drug-likeness (QED) is 0.747. The molecule has 3 atom stereocenters. The SMILES string of the molecule is CC(OC(=O)C1CC1c1ccccc1F)C(=O)N1CCSc2ccccc21. The molecule has 2 aliphatic rings. The van der Waals surface area contributed by atoms with E-state index in [0.29, 0.717) is 18.5 Å². The molecule has 0 saturated heterocycles. The van der Waals surface area contributed by atoms with Crippen molar-refractivity contribution >= 4 is 29.3 Å². The van der Waals surface area contributed by atoms with Gasteiger partial charge in [0.15, 0.2) is 6.10 Å². The summed E-state index contributed by atoms with van der Waals surface area (Å²) in [5.41, 5.74) is 1.40. The van der Waals surface area contributed by atoms with Gasteiger partial charge in [0.1, 0.15) is 5.82 Å². The van der Waals surface area contributed by atoms with Crippen molar-refractivity contribution in [3.05, 3.63) is 59.9 Å². The van der Waals surface area contributed by atoms with Crippen molar-refractivity contribution in [2.24, 2.45) is 5.92 Å². The van der Waals surface area contributed by atoms with E-state index in [1.54, 1.807) is 41.8 Å². The highest BCUT2D eigenvalue weighted by molar-refractivity contribution is 7.99. The zero-order valence-electron chi connectivity index (χ0n) is 14.9. The van der Waals surface area contributed by atoms with E-state index in [4.69, 9.17) is 4.74 Å². The minimum absolute atomic E-state index is 0.159. The van der Waals surface area contributed by atoms with Crippen LogP contribution in [-0.2, 0) is 14.3 Å². The van der Waals surface area contributed by atoms with Gasteiger partial charge in [-0.3, -0.25) is 9.59 Å². The molecule has 3 unspecified atom stereocenters. The van der Waals surface area contributed by atoms with Gasteiger partial charge in [-0.05, 0) is 37.1 Å². The number of rotatable bonds is 4. The number of hydrogen-bond acceptors (Lipinski definition) is 4. The van der Waals surface area contributed by atoms with Gasteiger partial charge >= 0.3 is 5.97 Å². The molecule has 1 fully saturated rings. The predicted molar refractivity (Wildman–Crippen MR) is 102 cm³/mol. The van der Waals surface area contributed by atoms with Gasteiger partial charge in [-0.25, -0.2) is 4.39 Å². The maximum atomic E-state index is 13.9. The van der Waals surface area contributed by atoms with Gasteiger partial charge in [0.25, 0.3) is 5.91 Å². The Bertz CT molecular complexity index is 887. The van der Waals surface area contributed by atoms with Crippen LogP contribution in [-0.4, -0.2) is 30.3 Å². The summed E-state index contributed by atoms with van der Waals surface area (Å²) in [5.74, 6) is -0.678. The van der Waals surface area contributed by atoms with Gasteiger partial charge in [-0.1, -0.05) is 30.3 Å². The first-order valence-electron chi connectivity index (χ1n) is 9.04. The Labute approximate surface area is 161 Å². The van der Waals surface area contributed by atoms with Gasteiger partial charge in [0, 0.05) is 23.1 Å². The van der Waals surface area contributed by atoms with Crippen LogP contribution in [0.2, 0.25) is 0 Å². The van der Waals surface area contributed by atoms with Crippen molar-refractivity contribution in [2.45, 2.75) is 30.3 Å². The molecular formula is C21H20FNO3S. The molecular weight excluding hydrogens is 365 g/mol. The van der Waals surface area contributed by atoms with Crippen LogP contribution in [0.25, 0.3) is 0 Å². The van der Waals surface area contributed by atoms with Crippen LogP contribution in [0.4, 0.5) is 10.1 Å². The molecule has 1 heterocycles. The molecule has 2 aromatic rings. The van der Waals surface area contributed by atoms with Crippen molar-refractivity contribution in [1.29, 1.82) is 0 Å². The Morgan fingerprint density at radius 1 is 1.19 bits per heavy atom. The average Bonchev–Trinajstić information content (AvgIpc) is 3.48. The summed E-state index contributed by atoms with van der Waals surface area (Å²) in [5, 5.41) is 0. The second-order valence-electron chi connectivity index (χ2n) is 6.86. The maximum absolute atomic E-state index is 13.9. The lowest BCUT2D eigenvalue weighted by molar-refractivity contribution is -0.155. The number of esters is 1. The lowest BCUT2D eigenvalue weighted by Crippen LogP contribution is -2.43. The third-order valence-corrected chi connectivity index (χ3v) is 6.08. The summed E-state index contributed by atoms with van der Waals surface area (Å²) in [6.07, 6.45) is -0.306. The van der Waals surface area contributed by atoms with Gasteiger partial charge < -0.3 is 9.64 Å². The highest BCUT2D eigenvalue weighted by Crippen LogP contribution is 2.49. The number of para-hydroxylation sites is 1. The number of fused-ring (bicyclic) bond motifs is 1. The number of anilines is 1. The van der Waals surface area contributed by atoms with Crippen LogP contribution < -0.4 is 4.90 Å². The van der Waals surface area contributed by atoms with E-state index >= 15 is 0 Å². The number of ether oxygens (including phenoxy) is 1. The first kappa shape index (κ1) is 18.0. The van der Waals surface area contributed by atoms with Crippen molar-refractivity contribution < 1.29 is 18.7 Å². The van der Waals surface area contributed by atoms with E-state index in [1.807, 2.05) is 24.3 Å². The zero-order valence-corrected chi connectivity index (χ0v) is 15.7. The second-order valence-corrected chi connectivity index (χ2v) is 7.99. The Kier molecular flexibility index (Phi) is 4.91. The second kappa shape index (κ2) is 7.35. The summed E-state index contributed by atoms with van der Waals surface area (Å²) in [6.45, 7) is 2.19. The molecule has 0 radical (unpaired) electrons. The molecule has 4 nitrogen and oxygen atoms in total. The molecule has 4 rings (SSSR count). The Hall–Kier alpha value is -2.34. The topological polar surface area (TPSA) is 46.6 Å². The lowest BCUT2D eigenvalue weighted by atomic mass is 10.1. The molecule has 1 amide bonds. The van der Waals surface area contributed by atoms with Gasteiger partial charge in [-0.15, -0.1) is 11.8 Å². The van der Waals surface area contributed by atoms with Crippen molar-refractivity contribution in [2.75, 3.05) is 17.2 Å². The molecule has 140 valence electrons. The van der Waals surface area contributed by atoms with E-state index in [0.717, 1.165) is 16.3 Å². The Balaban J connectivity index is 1.40. The number of halogens is 1. The number of thioether (sulfide) groups is 1. The minimum Gasteiger partial charge on any atom is -0.452 e. The number of benzene rings is 2. The number of carbonyl (C=O) groups excluding carboxylic acids is 2. The fraction of sp³-hybridized carbons (Fsp3) is 0.333. The molecule has 0 N–H and O–H groups in total. The molecule has 1 aliphatic heterocycles. The van der Waals surface area contributed by atoms with Crippen molar-refractivity contribution in [1.82, 2.24) is 0 Å². The Morgan fingerprint density at radius 3 is 2.74 bits per heavy atom. The number of amides is 1. The maximum Gasteiger partial charge on any atom is 0.310 e. The fourth-order valence-electron chi connectivity index (χ4n) is 3.50. The predicted octanol–water partition coefficient (Wildman–Crippen LogP) is 4.00. The summed E-state index contributed by atoms with van der Waals surface area (Å²) in [6, 6.07) is 14.2. The summed E-state index contributed by atoms with van der Waals surface area (Å²) in [7, 11) is 0. The molecule has 1 aliphatic carbocycles. The first-order chi connectivity index (χ1) is 13.1. The molecule has 0 bridgehead atoms. The van der Waals surface area contributed by atoms with E-state index < -0.39 is 12.1 Å². The molecule has 0 spiro atoms. The van der Waals surface area contributed by atoms with Gasteiger partial charge in [-0.2, -0.15) is 0 Å². The lowest BCUT2D eigenvalue weighted by Gasteiger charge is -2.30. The van der Waals surface area contributed by atoms with Crippen LogP contribution in [0.3, 0.4) is 0 Å². The Morgan fingerprint density at radius 2 is 1.93 bits per heavy atom. The van der Waals surface area contributed by atoms with Crippen LogP contribution in [0.5, 0.6) is 0 Å². The molecule has 2 aromatic carbocycles. The van der Waals surface area contributed by atoms with Crippen LogP contribution >= 0.6 is 11.8 Å². The minimum atomic E-state index is -0.865. The van der Waals surface area contributed by atoms with Crippen molar-refractivity contribution in [3.8, 4) is 0 Å². The number of hydrogen-bond donors (Lipinski definition) is 0. The standard InChI is InChI=1S/C21H20FNO3S/c1-13(20(24)23-10-11-27-19-9-5-4-8-18(19)23)26-21(25)16-12-15(16)14-6-2-3-7-17(14)22/h2-9,13,15-16H,10-12H2,1H3. The fourth-order valence-corrected chi connectivity index (χ4v) is 4.50. The van der Waals surface area contributed by atoms with E-state index in [1.165, 1.54) is 6.07 Å². The third kappa shape index (κ3) is 3.58. The monoisotopic (exact) mass is 385 g/mol. The van der Waals surface area contributed by atoms with Gasteiger partial charge in [0.05, 0.1) is 11.6 Å². The third-order valence-electron chi connectivity index (χ3n) is 5.03. The first-order valence-corrected chi connectivity index (χ1v) is 10.0. The molecule has 27 heavy (non-hydrogen) atoms. The van der Waals surface area contributed by atoms with Crippen molar-refractivity contribution in [3.63, 3.8) is 0 Å². The van der Waals surface area contributed by atoms with E-state index in [9.17, 15) is 14.0 Å². The van der Waals surface area contributed by atoms with Crippen LogP contribution in [0.1, 0.15) is 24.8 Å². The molecule has 6 heteroatoms. The number of carbonyl (C=O) groups is 2. The summed E-state index contributed by atoms with van der Waals surface area (Å²) >= 11 is 1.71. The van der Waals surface area contributed by atoms with E-state index in [2.05, 4.69) is 0 Å². The smallest absolute Gasteiger partial charge is 0.310 e. The van der Waals surface area contributed by atoms with Crippen LogP contribution in [0.15, 0.2) is 53.4 Å². The molecule has 0 aromatic heterocycles. The summed E-state index contributed by atoms with van der Waals surface area (Å²) in [4.78, 5) is 28.0. The highest BCUT2D eigenvalue weighted by atomic mass is 32.2. The van der Waals surface area contributed by atoms with Crippen LogP contribution in [0, 0.1) is 11.7 Å². The zero-order chi connectivity index (χ0) is 19.0. The highest BCUT2D eigenvalue weighted by Gasteiger charge is 2.47. The normalized spacial score (nSPS) is 21.9.